The average molecular weight is 359 g/mol. The third kappa shape index (κ3) is 3.19. The Balaban J connectivity index is 1.72. The topological polar surface area (TPSA) is 75.6 Å². The third-order valence-corrected chi connectivity index (χ3v) is 7.03. The standard InChI is InChI=1S/C21H29NO4/c1-13-5-7-15(8-6-13)22-16(12-18(23)24)19(25)26-17-11-14-9-10-21(17,4)20(14,2)3/h5-8,14,16-17,22H,9-12H2,1-4H3,(H,23,24)/t14-,16?,17-,21+/m0/s1. The molecule has 0 spiro atoms. The molecule has 1 aromatic rings. The van der Waals surface area contributed by atoms with Gasteiger partial charge in [0.2, 0.25) is 0 Å². The Hall–Kier alpha value is -2.04. The number of carbonyl (C=O) groups is 2. The molecule has 5 heteroatoms. The summed E-state index contributed by atoms with van der Waals surface area (Å²) in [7, 11) is 0. The lowest BCUT2D eigenvalue weighted by atomic mass is 9.70. The van der Waals surface area contributed by atoms with Crippen LogP contribution in [0.25, 0.3) is 0 Å². The Labute approximate surface area is 155 Å². The molecule has 2 saturated carbocycles. The highest BCUT2D eigenvalue weighted by atomic mass is 16.5. The number of hydrogen-bond donors (Lipinski definition) is 2. The van der Waals surface area contributed by atoms with Crippen LogP contribution in [0.15, 0.2) is 24.3 Å². The predicted octanol–water partition coefficient (Wildman–Crippen LogP) is 4.01. The van der Waals surface area contributed by atoms with Crippen LogP contribution in [0.3, 0.4) is 0 Å². The van der Waals surface area contributed by atoms with Crippen LogP contribution < -0.4 is 5.32 Å². The van der Waals surface area contributed by atoms with Crippen LogP contribution in [0.4, 0.5) is 5.69 Å². The minimum absolute atomic E-state index is 0.0367. The van der Waals surface area contributed by atoms with Crippen molar-refractivity contribution in [3.05, 3.63) is 29.8 Å². The average Bonchev–Trinajstić information content (AvgIpc) is 2.89. The molecule has 2 aliphatic carbocycles. The number of carboxylic acid groups (broad SMARTS) is 1. The zero-order valence-corrected chi connectivity index (χ0v) is 16.0. The maximum atomic E-state index is 12.8. The first-order chi connectivity index (χ1) is 12.1. The molecule has 2 aliphatic rings. The number of anilines is 1. The van der Waals surface area contributed by atoms with Crippen molar-refractivity contribution in [2.45, 2.75) is 65.5 Å². The van der Waals surface area contributed by atoms with Crippen LogP contribution in [-0.4, -0.2) is 29.2 Å². The Morgan fingerprint density at radius 2 is 1.92 bits per heavy atom. The first-order valence-corrected chi connectivity index (χ1v) is 9.39. The number of hydrogen-bond acceptors (Lipinski definition) is 4. The lowest BCUT2D eigenvalue weighted by Crippen LogP contribution is -2.42. The summed E-state index contributed by atoms with van der Waals surface area (Å²) in [5.74, 6) is -0.929. The molecule has 0 aromatic heterocycles. The molecule has 2 fully saturated rings. The van der Waals surface area contributed by atoms with Crippen molar-refractivity contribution in [3.8, 4) is 0 Å². The molecular formula is C21H29NO4. The fourth-order valence-corrected chi connectivity index (χ4v) is 4.75. The minimum atomic E-state index is -1.02. The summed E-state index contributed by atoms with van der Waals surface area (Å²) < 4.78 is 5.88. The zero-order chi connectivity index (χ0) is 19.1. The van der Waals surface area contributed by atoms with Crippen molar-refractivity contribution in [1.82, 2.24) is 0 Å². The van der Waals surface area contributed by atoms with Gasteiger partial charge >= 0.3 is 11.9 Å². The largest absolute Gasteiger partial charge is 0.481 e. The van der Waals surface area contributed by atoms with Crippen molar-refractivity contribution in [2.24, 2.45) is 16.7 Å². The molecule has 2 N–H and O–H groups in total. The highest BCUT2D eigenvalue weighted by Gasteiger charge is 2.63. The monoisotopic (exact) mass is 359 g/mol. The van der Waals surface area contributed by atoms with Crippen LogP contribution >= 0.6 is 0 Å². The normalized spacial score (nSPS) is 30.0. The molecule has 2 bridgehead atoms. The second kappa shape index (κ2) is 6.60. The molecule has 0 radical (unpaired) electrons. The Bertz CT molecular complexity index is 696. The van der Waals surface area contributed by atoms with E-state index in [0.717, 1.165) is 24.1 Å². The summed E-state index contributed by atoms with van der Waals surface area (Å²) in [6, 6.07) is 6.65. The number of carbonyl (C=O) groups excluding carboxylic acids is 1. The van der Waals surface area contributed by atoms with Crippen molar-refractivity contribution in [1.29, 1.82) is 0 Å². The quantitative estimate of drug-likeness (QED) is 0.751. The van der Waals surface area contributed by atoms with Crippen LogP contribution in [0.1, 0.15) is 52.0 Å². The van der Waals surface area contributed by atoms with Gasteiger partial charge in [0.05, 0.1) is 6.42 Å². The minimum Gasteiger partial charge on any atom is -0.481 e. The summed E-state index contributed by atoms with van der Waals surface area (Å²) in [6.45, 7) is 8.71. The highest BCUT2D eigenvalue weighted by molar-refractivity contribution is 5.85. The molecule has 1 unspecified atom stereocenters. The molecular weight excluding hydrogens is 330 g/mol. The molecule has 26 heavy (non-hydrogen) atoms. The summed E-state index contributed by atoms with van der Waals surface area (Å²) in [4.78, 5) is 24.0. The van der Waals surface area contributed by atoms with E-state index in [-0.39, 0.29) is 23.4 Å². The summed E-state index contributed by atoms with van der Waals surface area (Å²) in [5.41, 5.74) is 1.93. The van der Waals surface area contributed by atoms with E-state index >= 15 is 0 Å². The van der Waals surface area contributed by atoms with E-state index in [4.69, 9.17) is 4.74 Å². The van der Waals surface area contributed by atoms with E-state index < -0.39 is 18.0 Å². The van der Waals surface area contributed by atoms with Gasteiger partial charge in [-0.3, -0.25) is 4.79 Å². The first-order valence-electron chi connectivity index (χ1n) is 9.39. The summed E-state index contributed by atoms with van der Waals surface area (Å²) in [5, 5.41) is 12.2. The van der Waals surface area contributed by atoms with E-state index in [2.05, 4.69) is 26.1 Å². The highest BCUT2D eigenvalue weighted by Crippen LogP contribution is 2.66. The molecule has 0 aliphatic heterocycles. The van der Waals surface area contributed by atoms with Gasteiger partial charge in [0.1, 0.15) is 12.1 Å². The SMILES string of the molecule is Cc1ccc(NC(CC(=O)O)C(=O)O[C@H]2C[C@@H]3CC[C@@]2(C)C3(C)C)cc1. The van der Waals surface area contributed by atoms with Gasteiger partial charge in [-0.25, -0.2) is 4.79 Å². The van der Waals surface area contributed by atoms with Gasteiger partial charge in [0.15, 0.2) is 0 Å². The Morgan fingerprint density at radius 1 is 1.27 bits per heavy atom. The van der Waals surface area contributed by atoms with Crippen LogP contribution in [0.2, 0.25) is 0 Å². The molecule has 0 amide bonds. The number of aryl methyl sites for hydroxylation is 1. The van der Waals surface area contributed by atoms with Crippen LogP contribution in [0.5, 0.6) is 0 Å². The van der Waals surface area contributed by atoms with Gasteiger partial charge < -0.3 is 15.2 Å². The van der Waals surface area contributed by atoms with E-state index in [9.17, 15) is 14.7 Å². The Kier molecular flexibility index (Phi) is 4.76. The number of esters is 1. The van der Waals surface area contributed by atoms with Gasteiger partial charge in [0, 0.05) is 11.1 Å². The van der Waals surface area contributed by atoms with Gasteiger partial charge in [-0.05, 0) is 49.7 Å². The molecule has 3 rings (SSSR count). The van der Waals surface area contributed by atoms with Gasteiger partial charge in [-0.15, -0.1) is 0 Å². The molecule has 5 nitrogen and oxygen atoms in total. The van der Waals surface area contributed by atoms with E-state index in [0.29, 0.717) is 5.92 Å². The number of carboxylic acids is 1. The van der Waals surface area contributed by atoms with Gasteiger partial charge in [-0.1, -0.05) is 38.5 Å². The first kappa shape index (κ1) is 18.7. The molecule has 0 saturated heterocycles. The van der Waals surface area contributed by atoms with Crippen LogP contribution in [-0.2, 0) is 14.3 Å². The number of aliphatic carboxylic acids is 1. The second-order valence-electron chi connectivity index (χ2n) is 8.70. The van der Waals surface area contributed by atoms with E-state index in [1.54, 1.807) is 0 Å². The summed E-state index contributed by atoms with van der Waals surface area (Å²) >= 11 is 0. The number of rotatable bonds is 6. The van der Waals surface area contributed by atoms with Crippen molar-refractivity contribution in [3.63, 3.8) is 0 Å². The van der Waals surface area contributed by atoms with Crippen molar-refractivity contribution < 1.29 is 19.4 Å². The number of fused-ring (bicyclic) bond motifs is 2. The molecule has 142 valence electrons. The summed E-state index contributed by atoms with van der Waals surface area (Å²) in [6.07, 6.45) is 2.66. The molecule has 4 atom stereocenters. The fourth-order valence-electron chi connectivity index (χ4n) is 4.75. The van der Waals surface area contributed by atoms with Gasteiger partial charge in [0.25, 0.3) is 0 Å². The number of ether oxygens (including phenoxy) is 1. The maximum absolute atomic E-state index is 12.8. The molecule has 1 aromatic carbocycles. The lowest BCUT2D eigenvalue weighted by molar-refractivity contribution is -0.159. The lowest BCUT2D eigenvalue weighted by Gasteiger charge is -2.38. The van der Waals surface area contributed by atoms with Gasteiger partial charge in [-0.2, -0.15) is 0 Å². The maximum Gasteiger partial charge on any atom is 0.329 e. The fraction of sp³-hybridized carbons (Fsp3) is 0.619. The van der Waals surface area contributed by atoms with E-state index in [1.165, 1.54) is 6.42 Å². The smallest absolute Gasteiger partial charge is 0.329 e. The second-order valence-corrected chi connectivity index (χ2v) is 8.70. The zero-order valence-electron chi connectivity index (χ0n) is 16.0. The van der Waals surface area contributed by atoms with Crippen molar-refractivity contribution in [2.75, 3.05) is 5.32 Å². The predicted molar refractivity (Wildman–Crippen MR) is 100.0 cm³/mol. The number of benzene rings is 1. The molecule has 0 heterocycles. The Morgan fingerprint density at radius 3 is 2.42 bits per heavy atom. The third-order valence-electron chi connectivity index (χ3n) is 7.03. The van der Waals surface area contributed by atoms with E-state index in [1.807, 2.05) is 31.2 Å². The number of nitrogens with one attached hydrogen (secondary N) is 1. The van der Waals surface area contributed by atoms with Crippen molar-refractivity contribution >= 4 is 17.6 Å². The van der Waals surface area contributed by atoms with Crippen LogP contribution in [0, 0.1) is 23.7 Å².